The van der Waals surface area contributed by atoms with Gasteiger partial charge in [-0.25, -0.2) is 0 Å². The summed E-state index contributed by atoms with van der Waals surface area (Å²) in [5.41, 5.74) is -1.08. The molecule has 21 heavy (non-hydrogen) atoms. The van der Waals surface area contributed by atoms with Crippen LogP contribution in [0, 0.1) is 11.3 Å². The van der Waals surface area contributed by atoms with E-state index in [4.69, 9.17) is 0 Å². The van der Waals surface area contributed by atoms with Gasteiger partial charge in [-0.3, -0.25) is 14.4 Å². The van der Waals surface area contributed by atoms with Gasteiger partial charge in [-0.05, 0) is 25.7 Å². The van der Waals surface area contributed by atoms with Crippen LogP contribution in [-0.2, 0) is 14.4 Å². The summed E-state index contributed by atoms with van der Waals surface area (Å²) in [7, 11) is 0. The Morgan fingerprint density at radius 1 is 1.24 bits per heavy atom. The lowest BCUT2D eigenvalue weighted by atomic mass is 9.76. The Kier molecular flexibility index (Phi) is 6.18. The molecule has 0 aromatic carbocycles. The number of amides is 2. The van der Waals surface area contributed by atoms with E-state index in [1.165, 1.54) is 0 Å². The molecule has 0 spiro atoms. The van der Waals surface area contributed by atoms with Crippen LogP contribution in [0.2, 0.25) is 0 Å². The highest BCUT2D eigenvalue weighted by molar-refractivity contribution is 5.85. The topological polar surface area (TPSA) is 86.7 Å². The molecule has 0 aromatic rings. The average molecular weight is 298 g/mol. The van der Waals surface area contributed by atoms with E-state index in [0.717, 1.165) is 25.9 Å². The highest BCUT2D eigenvalue weighted by Gasteiger charge is 2.38. The van der Waals surface area contributed by atoms with Crippen LogP contribution >= 0.6 is 0 Å². The Bertz CT molecular complexity index is 402. The molecule has 1 saturated heterocycles. The number of carbonyl (C=O) groups is 3. The van der Waals surface area contributed by atoms with Crippen molar-refractivity contribution in [3.8, 4) is 0 Å². The molecule has 0 saturated carbocycles. The van der Waals surface area contributed by atoms with Crippen molar-refractivity contribution < 1.29 is 19.5 Å². The van der Waals surface area contributed by atoms with Crippen LogP contribution in [0.25, 0.3) is 0 Å². The van der Waals surface area contributed by atoms with Gasteiger partial charge in [0.2, 0.25) is 11.8 Å². The second-order valence-corrected chi connectivity index (χ2v) is 6.24. The van der Waals surface area contributed by atoms with Crippen molar-refractivity contribution in [2.45, 2.75) is 46.5 Å². The van der Waals surface area contributed by atoms with Crippen LogP contribution in [-0.4, -0.2) is 47.4 Å². The Morgan fingerprint density at radius 2 is 1.81 bits per heavy atom. The number of aliphatic carboxylic acids is 1. The minimum Gasteiger partial charge on any atom is -0.481 e. The number of carbonyl (C=O) groups excluding carboxylic acids is 2. The third kappa shape index (κ3) is 4.72. The Labute approximate surface area is 125 Å². The molecule has 1 heterocycles. The largest absolute Gasteiger partial charge is 0.481 e. The summed E-state index contributed by atoms with van der Waals surface area (Å²) in [6, 6.07) is 0. The number of nitrogens with one attached hydrogen (secondary N) is 1. The zero-order valence-electron chi connectivity index (χ0n) is 13.1. The zero-order chi connectivity index (χ0) is 16.0. The van der Waals surface area contributed by atoms with E-state index in [2.05, 4.69) is 5.32 Å². The van der Waals surface area contributed by atoms with Gasteiger partial charge in [0.1, 0.15) is 0 Å². The SMILES string of the molecule is CC(C)C(C)(CC(=O)NCCC(=O)N1CCCC1)C(=O)O. The van der Waals surface area contributed by atoms with Gasteiger partial charge in [0, 0.05) is 32.5 Å². The maximum Gasteiger partial charge on any atom is 0.310 e. The molecule has 1 aliphatic rings. The molecule has 0 bridgehead atoms. The summed E-state index contributed by atoms with van der Waals surface area (Å²) in [5, 5.41) is 11.9. The van der Waals surface area contributed by atoms with Gasteiger partial charge in [-0.1, -0.05) is 13.8 Å². The van der Waals surface area contributed by atoms with E-state index in [1.807, 2.05) is 4.90 Å². The number of carboxylic acids is 1. The number of hydrogen-bond donors (Lipinski definition) is 2. The monoisotopic (exact) mass is 298 g/mol. The standard InChI is InChI=1S/C15H26N2O4/c1-11(2)15(3,14(20)21)10-12(18)16-7-6-13(19)17-8-4-5-9-17/h11H,4-10H2,1-3H3,(H,16,18)(H,20,21). The summed E-state index contributed by atoms with van der Waals surface area (Å²) < 4.78 is 0. The van der Waals surface area contributed by atoms with Crippen LogP contribution in [0.3, 0.4) is 0 Å². The highest BCUT2D eigenvalue weighted by atomic mass is 16.4. The normalized spacial score (nSPS) is 17.6. The first-order valence-corrected chi connectivity index (χ1v) is 7.55. The molecule has 120 valence electrons. The molecular weight excluding hydrogens is 272 g/mol. The summed E-state index contributed by atoms with van der Waals surface area (Å²) in [6.45, 7) is 7.03. The van der Waals surface area contributed by atoms with Gasteiger partial charge in [0.25, 0.3) is 0 Å². The van der Waals surface area contributed by atoms with Crippen molar-refractivity contribution in [3.63, 3.8) is 0 Å². The van der Waals surface area contributed by atoms with Gasteiger partial charge < -0.3 is 15.3 Å². The van der Waals surface area contributed by atoms with Crippen molar-refractivity contribution in [1.82, 2.24) is 10.2 Å². The fourth-order valence-electron chi connectivity index (χ4n) is 2.36. The molecule has 1 atom stereocenters. The number of likely N-dealkylation sites (tertiary alicyclic amines) is 1. The average Bonchev–Trinajstić information content (AvgIpc) is 2.91. The Hall–Kier alpha value is -1.59. The van der Waals surface area contributed by atoms with Gasteiger partial charge >= 0.3 is 5.97 Å². The van der Waals surface area contributed by atoms with Crippen LogP contribution in [0.5, 0.6) is 0 Å². The quantitative estimate of drug-likeness (QED) is 0.740. The molecule has 1 fully saturated rings. The molecule has 0 aromatic heterocycles. The third-order valence-electron chi connectivity index (χ3n) is 4.41. The molecule has 0 aliphatic carbocycles. The number of hydrogen-bond acceptors (Lipinski definition) is 3. The molecule has 0 radical (unpaired) electrons. The van der Waals surface area contributed by atoms with Crippen molar-refractivity contribution in [2.24, 2.45) is 11.3 Å². The smallest absolute Gasteiger partial charge is 0.310 e. The molecule has 2 amide bonds. The van der Waals surface area contributed by atoms with Crippen LogP contribution < -0.4 is 5.32 Å². The van der Waals surface area contributed by atoms with Crippen LogP contribution in [0.1, 0.15) is 46.5 Å². The minimum atomic E-state index is -1.08. The van der Waals surface area contributed by atoms with Crippen molar-refractivity contribution >= 4 is 17.8 Å². The number of carboxylic acid groups (broad SMARTS) is 1. The fourth-order valence-corrected chi connectivity index (χ4v) is 2.36. The van der Waals surface area contributed by atoms with Gasteiger partial charge in [-0.15, -0.1) is 0 Å². The van der Waals surface area contributed by atoms with E-state index in [0.29, 0.717) is 0 Å². The first-order valence-electron chi connectivity index (χ1n) is 7.55. The molecule has 2 N–H and O–H groups in total. The van der Waals surface area contributed by atoms with Crippen LogP contribution in [0.4, 0.5) is 0 Å². The Balaban J connectivity index is 2.36. The second kappa shape index (κ2) is 7.43. The van der Waals surface area contributed by atoms with Gasteiger partial charge in [0.15, 0.2) is 0 Å². The lowest BCUT2D eigenvalue weighted by molar-refractivity contribution is -0.153. The first-order chi connectivity index (χ1) is 9.77. The molecule has 1 unspecified atom stereocenters. The third-order valence-corrected chi connectivity index (χ3v) is 4.41. The lowest BCUT2D eigenvalue weighted by Gasteiger charge is -2.28. The summed E-state index contributed by atoms with van der Waals surface area (Å²) >= 11 is 0. The fraction of sp³-hybridized carbons (Fsp3) is 0.800. The molecule has 1 aliphatic heterocycles. The summed E-state index contributed by atoms with van der Waals surface area (Å²) in [4.78, 5) is 36.8. The zero-order valence-corrected chi connectivity index (χ0v) is 13.1. The lowest BCUT2D eigenvalue weighted by Crippen LogP contribution is -2.40. The van der Waals surface area contributed by atoms with Crippen molar-refractivity contribution in [2.75, 3.05) is 19.6 Å². The predicted molar refractivity (Wildman–Crippen MR) is 78.6 cm³/mol. The van der Waals surface area contributed by atoms with Gasteiger partial charge in [0.05, 0.1) is 5.41 Å². The second-order valence-electron chi connectivity index (χ2n) is 6.24. The Morgan fingerprint density at radius 3 is 2.29 bits per heavy atom. The van der Waals surface area contributed by atoms with E-state index >= 15 is 0 Å². The van der Waals surface area contributed by atoms with Gasteiger partial charge in [-0.2, -0.15) is 0 Å². The highest BCUT2D eigenvalue weighted by Crippen LogP contribution is 2.31. The minimum absolute atomic E-state index is 0.0534. The number of nitrogens with zero attached hydrogens (tertiary/aromatic N) is 1. The first kappa shape index (κ1) is 17.5. The summed E-state index contributed by atoms with van der Waals surface area (Å²) in [5.74, 6) is -1.38. The number of rotatable bonds is 7. The van der Waals surface area contributed by atoms with E-state index in [1.54, 1.807) is 20.8 Å². The molecule has 6 nitrogen and oxygen atoms in total. The predicted octanol–water partition coefficient (Wildman–Crippen LogP) is 1.25. The van der Waals surface area contributed by atoms with Crippen LogP contribution in [0.15, 0.2) is 0 Å². The molecule has 6 heteroatoms. The molecule has 1 rings (SSSR count). The van der Waals surface area contributed by atoms with Crippen molar-refractivity contribution in [3.05, 3.63) is 0 Å². The maximum atomic E-state index is 11.9. The maximum absolute atomic E-state index is 11.9. The summed E-state index contributed by atoms with van der Waals surface area (Å²) in [6.07, 6.45) is 2.29. The van der Waals surface area contributed by atoms with E-state index in [-0.39, 0.29) is 37.1 Å². The van der Waals surface area contributed by atoms with E-state index < -0.39 is 11.4 Å². The van der Waals surface area contributed by atoms with Crippen molar-refractivity contribution in [1.29, 1.82) is 0 Å². The molecular formula is C15H26N2O4. The van der Waals surface area contributed by atoms with E-state index in [9.17, 15) is 19.5 Å².